The van der Waals surface area contributed by atoms with E-state index in [1.165, 1.54) is 18.7 Å². The number of nitrogens with zero attached hydrogens (tertiary/aromatic N) is 2. The van der Waals surface area contributed by atoms with Crippen LogP contribution in [0, 0.1) is 0 Å². The minimum Gasteiger partial charge on any atom is -0.329 e. The number of imidazole rings is 1. The second-order valence-corrected chi connectivity index (χ2v) is 6.14. The number of rotatable bonds is 5. The van der Waals surface area contributed by atoms with Crippen LogP contribution in [0.1, 0.15) is 13.8 Å². The molecule has 1 aromatic carbocycles. The Hall–Kier alpha value is -2.28. The van der Waals surface area contributed by atoms with Crippen LogP contribution in [-0.4, -0.2) is 26.6 Å². The van der Waals surface area contributed by atoms with E-state index in [0.29, 0.717) is 11.4 Å². The van der Waals surface area contributed by atoms with Gasteiger partial charge in [-0.2, -0.15) is 0 Å². The summed E-state index contributed by atoms with van der Waals surface area (Å²) in [5.74, 6) is -0.225. The monoisotopic (exact) mass is 318 g/mol. The van der Waals surface area contributed by atoms with Crippen molar-refractivity contribution in [1.29, 1.82) is 0 Å². The van der Waals surface area contributed by atoms with Crippen LogP contribution >= 0.6 is 11.8 Å². The molecule has 0 saturated carbocycles. The first-order chi connectivity index (χ1) is 10.5. The van der Waals surface area contributed by atoms with E-state index in [4.69, 9.17) is 0 Å². The highest BCUT2D eigenvalue weighted by atomic mass is 32.2. The van der Waals surface area contributed by atoms with Gasteiger partial charge in [0.2, 0.25) is 11.8 Å². The SMILES string of the molecule is CC(=O)Nc1ccc(NC(=O)C(C)Sc2nccn2C)cc1. The van der Waals surface area contributed by atoms with Gasteiger partial charge < -0.3 is 15.2 Å². The second kappa shape index (κ2) is 7.13. The molecule has 0 aliphatic rings. The van der Waals surface area contributed by atoms with Crippen LogP contribution in [0.3, 0.4) is 0 Å². The highest BCUT2D eigenvalue weighted by Crippen LogP contribution is 2.22. The quantitative estimate of drug-likeness (QED) is 0.831. The molecule has 1 aromatic heterocycles. The van der Waals surface area contributed by atoms with Crippen LogP contribution in [0.25, 0.3) is 0 Å². The molecule has 7 heteroatoms. The summed E-state index contributed by atoms with van der Waals surface area (Å²) >= 11 is 1.40. The van der Waals surface area contributed by atoms with Crippen LogP contribution in [0.2, 0.25) is 0 Å². The maximum Gasteiger partial charge on any atom is 0.237 e. The molecule has 116 valence electrons. The predicted octanol–water partition coefficient (Wildman–Crippen LogP) is 2.50. The minimum absolute atomic E-state index is 0.0970. The number of hydrogen-bond donors (Lipinski definition) is 2. The summed E-state index contributed by atoms with van der Waals surface area (Å²) in [7, 11) is 1.89. The van der Waals surface area contributed by atoms with Crippen LogP contribution in [0.4, 0.5) is 11.4 Å². The van der Waals surface area contributed by atoms with E-state index >= 15 is 0 Å². The lowest BCUT2D eigenvalue weighted by molar-refractivity contribution is -0.115. The lowest BCUT2D eigenvalue weighted by Crippen LogP contribution is -2.22. The zero-order valence-electron chi connectivity index (χ0n) is 12.7. The molecule has 0 bridgehead atoms. The fourth-order valence-electron chi connectivity index (χ4n) is 1.76. The molecule has 0 saturated heterocycles. The first-order valence-corrected chi connectivity index (χ1v) is 7.66. The fourth-order valence-corrected chi connectivity index (χ4v) is 2.59. The van der Waals surface area contributed by atoms with Crippen molar-refractivity contribution in [2.45, 2.75) is 24.3 Å². The molecule has 1 atom stereocenters. The Morgan fingerprint density at radius 2 is 1.77 bits per heavy atom. The number of anilines is 2. The van der Waals surface area contributed by atoms with E-state index in [-0.39, 0.29) is 17.1 Å². The van der Waals surface area contributed by atoms with E-state index in [2.05, 4.69) is 15.6 Å². The van der Waals surface area contributed by atoms with Gasteiger partial charge in [-0.15, -0.1) is 0 Å². The summed E-state index contributed by atoms with van der Waals surface area (Å²) in [6, 6.07) is 6.99. The minimum atomic E-state index is -0.267. The number of amides is 2. The molecule has 1 heterocycles. The van der Waals surface area contributed by atoms with Crippen molar-refractivity contribution in [3.63, 3.8) is 0 Å². The number of aryl methyl sites for hydroxylation is 1. The zero-order valence-corrected chi connectivity index (χ0v) is 13.5. The number of carbonyl (C=O) groups is 2. The number of thioether (sulfide) groups is 1. The lowest BCUT2D eigenvalue weighted by Gasteiger charge is -2.12. The largest absolute Gasteiger partial charge is 0.329 e. The van der Waals surface area contributed by atoms with E-state index in [1.807, 2.05) is 24.7 Å². The Morgan fingerprint density at radius 1 is 1.18 bits per heavy atom. The third-order valence-corrected chi connectivity index (χ3v) is 4.07. The summed E-state index contributed by atoms with van der Waals surface area (Å²) in [4.78, 5) is 27.3. The van der Waals surface area contributed by atoms with Gasteiger partial charge in [0.05, 0.1) is 5.25 Å². The first-order valence-electron chi connectivity index (χ1n) is 6.78. The Morgan fingerprint density at radius 3 is 2.27 bits per heavy atom. The highest BCUT2D eigenvalue weighted by Gasteiger charge is 2.16. The van der Waals surface area contributed by atoms with E-state index in [1.54, 1.807) is 30.5 Å². The topological polar surface area (TPSA) is 76.0 Å². The molecule has 2 amide bonds. The Kier molecular flexibility index (Phi) is 5.21. The van der Waals surface area contributed by atoms with Gasteiger partial charge in [0.25, 0.3) is 0 Å². The standard InChI is InChI=1S/C15H18N4O2S/c1-10(22-15-16-8-9-19(15)3)14(21)18-13-6-4-12(5-7-13)17-11(2)20/h4-10H,1-3H3,(H,17,20)(H,18,21). The summed E-state index contributed by atoms with van der Waals surface area (Å²) in [6.07, 6.45) is 3.54. The van der Waals surface area contributed by atoms with Crippen molar-refractivity contribution in [3.8, 4) is 0 Å². The van der Waals surface area contributed by atoms with Crippen molar-refractivity contribution in [2.24, 2.45) is 7.05 Å². The number of hydrogen-bond acceptors (Lipinski definition) is 4. The van der Waals surface area contributed by atoms with Gasteiger partial charge in [0.1, 0.15) is 0 Å². The number of benzene rings is 1. The molecule has 0 radical (unpaired) electrons. The van der Waals surface area contributed by atoms with Crippen LogP contribution < -0.4 is 10.6 Å². The smallest absolute Gasteiger partial charge is 0.237 e. The normalized spacial score (nSPS) is 11.8. The van der Waals surface area contributed by atoms with E-state index < -0.39 is 0 Å². The predicted molar refractivity (Wildman–Crippen MR) is 87.9 cm³/mol. The van der Waals surface area contributed by atoms with Gasteiger partial charge >= 0.3 is 0 Å². The molecule has 0 fully saturated rings. The molecule has 0 aliphatic heterocycles. The number of nitrogens with one attached hydrogen (secondary N) is 2. The van der Waals surface area contributed by atoms with E-state index in [9.17, 15) is 9.59 Å². The van der Waals surface area contributed by atoms with Gasteiger partial charge in [-0.3, -0.25) is 9.59 Å². The average Bonchev–Trinajstić information content (AvgIpc) is 2.86. The average molecular weight is 318 g/mol. The summed E-state index contributed by atoms with van der Waals surface area (Å²) < 4.78 is 1.87. The molecule has 1 unspecified atom stereocenters. The van der Waals surface area contributed by atoms with Gasteiger partial charge in [0.15, 0.2) is 5.16 Å². The van der Waals surface area contributed by atoms with Crippen molar-refractivity contribution < 1.29 is 9.59 Å². The Balaban J connectivity index is 1.93. The number of aromatic nitrogens is 2. The fraction of sp³-hybridized carbons (Fsp3) is 0.267. The molecule has 22 heavy (non-hydrogen) atoms. The summed E-state index contributed by atoms with van der Waals surface area (Å²) in [5.41, 5.74) is 1.38. The van der Waals surface area contributed by atoms with Crippen LogP contribution in [0.5, 0.6) is 0 Å². The molecule has 0 aliphatic carbocycles. The van der Waals surface area contributed by atoms with Gasteiger partial charge in [0, 0.05) is 37.7 Å². The molecule has 0 spiro atoms. The summed E-state index contributed by atoms with van der Waals surface area (Å²) in [6.45, 7) is 3.28. The molecule has 2 aromatic rings. The molecular formula is C15H18N4O2S. The van der Waals surface area contributed by atoms with Gasteiger partial charge in [-0.25, -0.2) is 4.98 Å². The molecule has 2 N–H and O–H groups in total. The summed E-state index contributed by atoms with van der Waals surface area (Å²) in [5, 5.41) is 6.05. The van der Waals surface area contributed by atoms with Crippen molar-refractivity contribution in [1.82, 2.24) is 9.55 Å². The second-order valence-electron chi connectivity index (χ2n) is 4.83. The van der Waals surface area contributed by atoms with Crippen molar-refractivity contribution >= 4 is 35.0 Å². The Bertz CT molecular complexity index is 666. The maximum absolute atomic E-state index is 12.2. The molecular weight excluding hydrogens is 300 g/mol. The molecule has 6 nitrogen and oxygen atoms in total. The van der Waals surface area contributed by atoms with Gasteiger partial charge in [-0.05, 0) is 31.2 Å². The maximum atomic E-state index is 12.2. The van der Waals surface area contributed by atoms with E-state index in [0.717, 1.165) is 5.16 Å². The third kappa shape index (κ3) is 4.36. The van der Waals surface area contributed by atoms with Crippen LogP contribution in [0.15, 0.2) is 41.8 Å². The lowest BCUT2D eigenvalue weighted by atomic mass is 10.2. The third-order valence-electron chi connectivity index (χ3n) is 2.90. The van der Waals surface area contributed by atoms with Crippen LogP contribution in [-0.2, 0) is 16.6 Å². The van der Waals surface area contributed by atoms with Crippen molar-refractivity contribution in [3.05, 3.63) is 36.7 Å². The Labute approximate surface area is 133 Å². The zero-order chi connectivity index (χ0) is 16.1. The van der Waals surface area contributed by atoms with Crippen molar-refractivity contribution in [2.75, 3.05) is 10.6 Å². The first kappa shape index (κ1) is 16.1. The number of carbonyl (C=O) groups excluding carboxylic acids is 2. The highest BCUT2D eigenvalue weighted by molar-refractivity contribution is 8.00. The molecule has 2 rings (SSSR count). The van der Waals surface area contributed by atoms with Gasteiger partial charge in [-0.1, -0.05) is 11.8 Å².